The molecule has 46 heavy (non-hydrogen) atoms. The van der Waals surface area contributed by atoms with Crippen molar-refractivity contribution in [2.75, 3.05) is 29.2 Å². The molecule has 0 aliphatic carbocycles. The lowest BCUT2D eigenvalue weighted by molar-refractivity contribution is 0.0419. The van der Waals surface area contributed by atoms with Gasteiger partial charge in [0.25, 0.3) is 0 Å². The van der Waals surface area contributed by atoms with Crippen LogP contribution in [0.4, 0.5) is 29.2 Å². The Labute approximate surface area is 273 Å². The molecule has 0 bridgehead atoms. The molecule has 0 fully saturated rings. The van der Waals surface area contributed by atoms with Crippen molar-refractivity contribution in [1.29, 1.82) is 0 Å². The summed E-state index contributed by atoms with van der Waals surface area (Å²) in [4.78, 5) is 38.7. The number of allylic oxidation sites excluding steroid dienone is 1. The molecule has 1 aromatic heterocycles. The monoisotopic (exact) mass is 630 g/mol. The third kappa shape index (κ3) is 12.1. The number of carbonyl (C=O) groups excluding carboxylic acids is 2. The normalized spacial score (nSPS) is 12.4. The molecule has 0 saturated carbocycles. The Kier molecular flexibility index (Phi) is 15.5. The van der Waals surface area contributed by atoms with Crippen LogP contribution in [-0.4, -0.2) is 40.1 Å². The van der Waals surface area contributed by atoms with Gasteiger partial charge in [-0.3, -0.25) is 0 Å². The van der Waals surface area contributed by atoms with Crippen LogP contribution in [0.15, 0.2) is 60.8 Å². The second-order valence-corrected chi connectivity index (χ2v) is 11.4. The van der Waals surface area contributed by atoms with E-state index in [4.69, 9.17) is 9.47 Å². The predicted octanol–water partition coefficient (Wildman–Crippen LogP) is 9.05. The number of ether oxygens (including phenoxy) is 2. The Bertz CT molecular complexity index is 1280. The summed E-state index contributed by atoms with van der Waals surface area (Å²) in [6, 6.07) is 14.0. The minimum absolute atomic E-state index is 0.301. The van der Waals surface area contributed by atoms with Gasteiger partial charge < -0.3 is 25.4 Å². The molecule has 3 aromatic rings. The van der Waals surface area contributed by atoms with Crippen LogP contribution in [-0.2, 0) is 9.47 Å². The molecule has 0 aliphatic heterocycles. The third-order valence-electron chi connectivity index (χ3n) is 7.75. The zero-order valence-electron chi connectivity index (χ0n) is 28.0. The first-order valence-corrected chi connectivity index (χ1v) is 16.6. The van der Waals surface area contributed by atoms with Gasteiger partial charge in [0.2, 0.25) is 17.8 Å². The number of nitrogens with zero attached hydrogens (tertiary/aromatic N) is 3. The van der Waals surface area contributed by atoms with Gasteiger partial charge >= 0.3 is 11.9 Å². The number of benzene rings is 2. The number of anilines is 5. The summed E-state index contributed by atoms with van der Waals surface area (Å²) in [5.41, 5.74) is 2.36. The first-order valence-electron chi connectivity index (χ1n) is 16.6. The highest BCUT2D eigenvalue weighted by molar-refractivity contribution is 5.90. The summed E-state index contributed by atoms with van der Waals surface area (Å²) in [5, 5.41) is 9.39. The van der Waals surface area contributed by atoms with Crippen LogP contribution in [0.3, 0.4) is 0 Å². The molecule has 248 valence electrons. The van der Waals surface area contributed by atoms with Crippen LogP contribution < -0.4 is 16.0 Å². The molecular weight excluding hydrogens is 580 g/mol. The molecule has 10 nitrogen and oxygen atoms in total. The van der Waals surface area contributed by atoms with Crippen molar-refractivity contribution in [1.82, 2.24) is 15.0 Å². The van der Waals surface area contributed by atoms with E-state index in [1.54, 1.807) is 54.7 Å². The fourth-order valence-electron chi connectivity index (χ4n) is 4.70. The van der Waals surface area contributed by atoms with Crippen LogP contribution in [0.5, 0.6) is 0 Å². The summed E-state index contributed by atoms with van der Waals surface area (Å²) in [6.07, 6.45) is 12.2. The van der Waals surface area contributed by atoms with E-state index >= 15 is 0 Å². The predicted molar refractivity (Wildman–Crippen MR) is 185 cm³/mol. The molecular formula is C36H50N6O4. The van der Waals surface area contributed by atoms with Crippen molar-refractivity contribution in [3.63, 3.8) is 0 Å². The van der Waals surface area contributed by atoms with E-state index in [1.165, 1.54) is 0 Å². The number of hydrogen-bond donors (Lipinski definition) is 3. The van der Waals surface area contributed by atoms with E-state index in [1.807, 2.05) is 13.0 Å². The minimum Gasteiger partial charge on any atom is -0.462 e. The van der Waals surface area contributed by atoms with E-state index in [0.717, 1.165) is 51.4 Å². The molecule has 2 aromatic carbocycles. The molecule has 10 heteroatoms. The number of rotatable bonds is 20. The maximum atomic E-state index is 12.6. The number of aromatic nitrogens is 3. The molecule has 0 radical (unpaired) electrons. The fraction of sp³-hybridized carbons (Fsp3) is 0.472. The minimum atomic E-state index is -0.331. The molecule has 0 amide bonds. The van der Waals surface area contributed by atoms with Crippen molar-refractivity contribution in [2.45, 2.75) is 86.0 Å². The van der Waals surface area contributed by atoms with Crippen molar-refractivity contribution in [3.8, 4) is 0 Å². The number of carbonyl (C=O) groups is 2. The third-order valence-corrected chi connectivity index (χ3v) is 7.75. The molecule has 0 spiro atoms. The quantitative estimate of drug-likeness (QED) is 0.104. The zero-order chi connectivity index (χ0) is 33.1. The van der Waals surface area contributed by atoms with Gasteiger partial charge in [0.1, 0.15) is 0 Å². The summed E-state index contributed by atoms with van der Waals surface area (Å²) in [7, 11) is 0. The van der Waals surface area contributed by atoms with E-state index in [2.05, 4.69) is 58.6 Å². The lowest BCUT2D eigenvalue weighted by atomic mass is 10.0. The zero-order valence-corrected chi connectivity index (χ0v) is 28.0. The lowest BCUT2D eigenvalue weighted by Crippen LogP contribution is -2.14. The Morgan fingerprint density at radius 2 is 1.09 bits per heavy atom. The number of hydrogen-bond acceptors (Lipinski definition) is 10. The average molecular weight is 631 g/mol. The Morgan fingerprint density at radius 1 is 0.674 bits per heavy atom. The first kappa shape index (κ1) is 36.0. The molecule has 0 saturated heterocycles. The molecule has 2 unspecified atom stereocenters. The van der Waals surface area contributed by atoms with Gasteiger partial charge in [0, 0.05) is 11.4 Å². The van der Waals surface area contributed by atoms with E-state index < -0.39 is 0 Å². The van der Waals surface area contributed by atoms with E-state index in [-0.39, 0.29) is 11.9 Å². The molecule has 3 rings (SSSR count). The van der Waals surface area contributed by atoms with Crippen molar-refractivity contribution < 1.29 is 19.1 Å². The van der Waals surface area contributed by atoms with Crippen LogP contribution in [0, 0.1) is 11.8 Å². The summed E-state index contributed by atoms with van der Waals surface area (Å²) < 4.78 is 11.2. The van der Waals surface area contributed by atoms with E-state index in [9.17, 15) is 9.59 Å². The maximum Gasteiger partial charge on any atom is 0.338 e. The van der Waals surface area contributed by atoms with Crippen LogP contribution >= 0.6 is 0 Å². The average Bonchev–Trinajstić information content (AvgIpc) is 3.08. The standard InChI is InChI=1S/C36H50N6O4/c1-6-11-13-26(9-4)24-45-32(43)28-15-19-30(20-16-28)38-35-40-34(37-23-8-3)41-36(42-35)39-31-21-17-29(18-22-31)33(44)46-25-27(10-5)14-12-7-2/h8,15-23,26-27H,6-7,9-14,24-25H2,1-5H3,(H3,37,38,39,40,41,42)/b23-8+. The Morgan fingerprint density at radius 3 is 1.46 bits per heavy atom. The van der Waals surface area contributed by atoms with Crippen molar-refractivity contribution in [2.24, 2.45) is 11.8 Å². The molecule has 3 N–H and O–H groups in total. The molecule has 1 heterocycles. The first-order chi connectivity index (χ1) is 22.4. The van der Waals surface area contributed by atoms with Gasteiger partial charge in [0.15, 0.2) is 0 Å². The summed E-state index contributed by atoms with van der Waals surface area (Å²) in [6.45, 7) is 11.3. The second kappa shape index (κ2) is 19.8. The fourth-order valence-corrected chi connectivity index (χ4v) is 4.70. The van der Waals surface area contributed by atoms with Crippen LogP contribution in [0.2, 0.25) is 0 Å². The number of unbranched alkanes of at least 4 members (excludes halogenated alkanes) is 2. The second-order valence-electron chi connectivity index (χ2n) is 11.4. The van der Waals surface area contributed by atoms with Crippen LogP contribution in [0.25, 0.3) is 0 Å². The Hall–Kier alpha value is -4.47. The highest BCUT2D eigenvalue weighted by Gasteiger charge is 2.14. The Balaban J connectivity index is 1.65. The smallest absolute Gasteiger partial charge is 0.338 e. The van der Waals surface area contributed by atoms with Crippen molar-refractivity contribution in [3.05, 3.63) is 71.9 Å². The summed E-state index contributed by atoms with van der Waals surface area (Å²) in [5.74, 6) is 1.04. The largest absolute Gasteiger partial charge is 0.462 e. The van der Waals surface area contributed by atoms with Gasteiger partial charge in [0.05, 0.1) is 24.3 Å². The summed E-state index contributed by atoms with van der Waals surface area (Å²) >= 11 is 0. The van der Waals surface area contributed by atoms with E-state index in [0.29, 0.717) is 65.4 Å². The SMILES string of the molecule is C/C=C/Nc1nc(Nc2ccc(C(=O)OCC(CC)CCCC)cc2)nc(Nc2ccc(C(=O)OCC(CC)CCCC)cc2)n1. The van der Waals surface area contributed by atoms with Gasteiger partial charge in [-0.25, -0.2) is 9.59 Å². The topological polar surface area (TPSA) is 127 Å². The van der Waals surface area contributed by atoms with Gasteiger partial charge in [-0.2, -0.15) is 15.0 Å². The van der Waals surface area contributed by atoms with Crippen molar-refractivity contribution >= 4 is 41.2 Å². The highest BCUT2D eigenvalue weighted by Crippen LogP contribution is 2.21. The number of nitrogens with one attached hydrogen (secondary N) is 3. The lowest BCUT2D eigenvalue weighted by Gasteiger charge is -2.15. The maximum absolute atomic E-state index is 12.6. The van der Waals surface area contributed by atoms with Gasteiger partial charge in [-0.15, -0.1) is 0 Å². The molecule has 2 atom stereocenters. The highest BCUT2D eigenvalue weighted by atomic mass is 16.5. The number of esters is 2. The van der Waals surface area contributed by atoms with Gasteiger partial charge in [-0.1, -0.05) is 72.3 Å². The van der Waals surface area contributed by atoms with Gasteiger partial charge in [-0.05, 0) is 86.3 Å². The molecule has 0 aliphatic rings. The van der Waals surface area contributed by atoms with Crippen LogP contribution in [0.1, 0.15) is 107 Å².